The number of hydrogen-bond donors (Lipinski definition) is 0. The zero-order chi connectivity index (χ0) is 27.9. The Morgan fingerprint density at radius 3 is 1.74 bits per heavy atom. The van der Waals surface area contributed by atoms with Crippen LogP contribution in [0.2, 0.25) is 0 Å². The lowest BCUT2D eigenvalue weighted by Crippen LogP contribution is -2.13. The number of aromatic nitrogens is 3. The molecule has 39 heavy (non-hydrogen) atoms. The maximum atomic E-state index is 4.91. The molecule has 3 heterocycles. The maximum absolute atomic E-state index is 4.91. The molecule has 0 spiro atoms. The van der Waals surface area contributed by atoms with E-state index in [1.165, 1.54) is 23.3 Å². The van der Waals surface area contributed by atoms with Crippen LogP contribution < -0.4 is 0 Å². The van der Waals surface area contributed by atoms with Gasteiger partial charge in [0.15, 0.2) is 0 Å². The van der Waals surface area contributed by atoms with Gasteiger partial charge in [0, 0.05) is 176 Å². The fourth-order valence-corrected chi connectivity index (χ4v) is 36.0. The molecular formula is C20H19N3S16. The Labute approximate surface area is 277 Å². The number of rotatable bonds is 1. The molecule has 0 saturated heterocycles. The van der Waals surface area contributed by atoms with Gasteiger partial charge in [0.2, 0.25) is 0 Å². The molecule has 4 aromatic rings. The number of pyridine rings is 2. The van der Waals surface area contributed by atoms with Crippen molar-refractivity contribution in [1.82, 2.24) is 14.4 Å². The van der Waals surface area contributed by atoms with E-state index >= 15 is 0 Å². The standard InChI is InChI=1S/C20H19N3.S16/c1-20(2,3)18-10-9-15-16(22-18)13-17(14-7-5-4-6-8-14)23-12-11-21-19(15)23;1-3-5-7-9-11-13-15-16-14-12-10-8-6-4-2/h4-13H,1-3H3;. The molecule has 0 aliphatic carbocycles. The average Bonchev–Trinajstić information content (AvgIpc) is 3.44. The van der Waals surface area contributed by atoms with Crippen LogP contribution in [0.5, 0.6) is 0 Å². The molecule has 3 aromatic heterocycles. The Hall–Kier alpha value is 0.840. The minimum atomic E-state index is 0.0304. The first-order valence-corrected chi connectivity index (χ1v) is 30.4. The van der Waals surface area contributed by atoms with Crippen LogP contribution in [0.25, 0.3) is 27.8 Å². The van der Waals surface area contributed by atoms with Gasteiger partial charge >= 0.3 is 0 Å². The fraction of sp³-hybridized carbons (Fsp3) is 0.200. The lowest BCUT2D eigenvalue weighted by molar-refractivity contribution is 0.571. The second-order valence-electron chi connectivity index (χ2n) is 7.85. The molecule has 0 bridgehead atoms. The molecule has 0 aliphatic rings. The number of fused-ring (bicyclic) bond motifs is 3. The summed E-state index contributed by atoms with van der Waals surface area (Å²) in [6, 6.07) is 16.8. The van der Waals surface area contributed by atoms with Crippen molar-refractivity contribution in [1.29, 1.82) is 0 Å². The molecule has 1 aromatic carbocycles. The summed E-state index contributed by atoms with van der Waals surface area (Å²) in [5.41, 5.74) is 5.36. The van der Waals surface area contributed by atoms with Crippen molar-refractivity contribution in [3.05, 3.63) is 66.6 Å². The van der Waals surface area contributed by atoms with Crippen molar-refractivity contribution in [3.63, 3.8) is 0 Å². The average molecular weight is 814 g/mol. The molecule has 0 saturated carbocycles. The number of hydrogen-bond acceptors (Lipinski definition) is 4. The first kappa shape index (κ1) is 34.3. The van der Waals surface area contributed by atoms with E-state index in [0.29, 0.717) is 0 Å². The molecule has 0 atom stereocenters. The van der Waals surface area contributed by atoms with E-state index in [-0.39, 0.29) is 5.41 Å². The summed E-state index contributed by atoms with van der Waals surface area (Å²) in [6.07, 6.45) is 3.85. The highest BCUT2D eigenvalue weighted by Gasteiger charge is 2.17. The van der Waals surface area contributed by atoms with Crippen molar-refractivity contribution in [2.75, 3.05) is 0 Å². The molecule has 4 rings (SSSR count). The first-order valence-electron chi connectivity index (χ1n) is 10.4. The summed E-state index contributed by atoms with van der Waals surface area (Å²) in [4.78, 5) is 9.46. The summed E-state index contributed by atoms with van der Waals surface area (Å²) >= 11 is 9.46. The third-order valence-electron chi connectivity index (χ3n) is 4.54. The van der Waals surface area contributed by atoms with Gasteiger partial charge in [0.1, 0.15) is 5.65 Å². The summed E-state index contributed by atoms with van der Waals surface area (Å²) in [6.45, 7) is 6.56. The van der Waals surface area contributed by atoms with Gasteiger partial charge in [-0.1, -0.05) is 51.1 Å². The van der Waals surface area contributed by atoms with Crippen LogP contribution in [0.3, 0.4) is 0 Å². The molecule has 0 fully saturated rings. The quantitative estimate of drug-likeness (QED) is 0.277. The smallest absolute Gasteiger partial charge is 0.146 e. The Morgan fingerprint density at radius 2 is 1.23 bits per heavy atom. The Kier molecular flexibility index (Phi) is 16.9. The molecule has 210 valence electrons. The van der Waals surface area contributed by atoms with Crippen LogP contribution in [0.4, 0.5) is 0 Å². The van der Waals surface area contributed by atoms with Gasteiger partial charge in [0.05, 0.1) is 11.2 Å². The molecule has 0 radical (unpaired) electrons. The Bertz CT molecular complexity index is 2030. The zero-order valence-electron chi connectivity index (χ0n) is 20.1. The third kappa shape index (κ3) is 11.8. The van der Waals surface area contributed by atoms with Crippen molar-refractivity contribution in [2.24, 2.45) is 0 Å². The largest absolute Gasteiger partial charge is 0.299 e. The van der Waals surface area contributed by atoms with Crippen LogP contribution in [-0.4, -0.2) is 14.4 Å². The van der Waals surface area contributed by atoms with Gasteiger partial charge in [-0.05, 0) is 23.8 Å². The van der Waals surface area contributed by atoms with Gasteiger partial charge in [-0.2, -0.15) is 0 Å². The van der Waals surface area contributed by atoms with Gasteiger partial charge < -0.3 is 0 Å². The van der Waals surface area contributed by atoms with Gasteiger partial charge in [-0.25, -0.2) is 4.98 Å². The highest BCUT2D eigenvalue weighted by molar-refractivity contribution is 8.77. The maximum Gasteiger partial charge on any atom is 0.146 e. The molecule has 0 unspecified atom stereocenters. The first-order chi connectivity index (χ1) is 19.0. The van der Waals surface area contributed by atoms with Crippen LogP contribution in [0, 0.1) is 0 Å². The normalized spacial score (nSPS) is 10.1. The summed E-state index contributed by atoms with van der Waals surface area (Å²) in [5, 5.41) is 1.09. The van der Waals surface area contributed by atoms with Crippen molar-refractivity contribution < 1.29 is 0 Å². The third-order valence-corrected chi connectivity index (χ3v) is 33.4. The van der Waals surface area contributed by atoms with Crippen molar-refractivity contribution in [3.8, 4) is 11.3 Å². The monoisotopic (exact) mass is 813 g/mol. The highest BCUT2D eigenvalue weighted by atomic mass is 33.5. The van der Waals surface area contributed by atoms with E-state index in [4.69, 9.17) is 27.4 Å². The summed E-state index contributed by atoms with van der Waals surface area (Å²) < 4.78 is 2.14. The number of benzene rings is 1. The second-order valence-corrected chi connectivity index (χ2v) is 32.6. The molecule has 3 nitrogen and oxygen atoms in total. The SMILES string of the molecule is CC(C)(C)c1ccc2c(cc(-c3ccccc3)n3ccnc23)n1.S=S=S=S=S=S=S=S=S=S=S=S=S=S=S=S. The molecular weight excluding hydrogens is 795 g/mol. The lowest BCUT2D eigenvalue weighted by Gasteiger charge is -2.18. The molecule has 0 N–H and O–H groups in total. The van der Waals surface area contributed by atoms with E-state index in [1.807, 2.05) is 18.5 Å². The van der Waals surface area contributed by atoms with Gasteiger partial charge in [-0.15, -0.1) is 0 Å². The highest BCUT2D eigenvalue weighted by Crippen LogP contribution is 2.29. The summed E-state index contributed by atoms with van der Waals surface area (Å²) in [7, 11) is 23.5. The number of nitrogens with zero attached hydrogens (tertiary/aromatic N) is 3. The van der Waals surface area contributed by atoms with E-state index in [0.717, 1.165) is 27.9 Å². The van der Waals surface area contributed by atoms with Crippen LogP contribution in [-0.2, 0) is 152 Å². The fourth-order valence-electron chi connectivity index (χ4n) is 3.06. The molecule has 0 amide bonds. The van der Waals surface area contributed by atoms with Gasteiger partial charge in [-0.3, -0.25) is 9.38 Å². The minimum Gasteiger partial charge on any atom is -0.299 e. The Balaban J connectivity index is 0.000000233. The van der Waals surface area contributed by atoms with E-state index in [2.05, 4.69) is 72.6 Å². The van der Waals surface area contributed by atoms with Crippen LogP contribution in [0.15, 0.2) is 60.9 Å². The zero-order valence-corrected chi connectivity index (χ0v) is 33.2. The lowest BCUT2D eigenvalue weighted by atomic mass is 9.91. The van der Waals surface area contributed by atoms with E-state index in [1.54, 1.807) is 107 Å². The van der Waals surface area contributed by atoms with Gasteiger partial charge in [0.25, 0.3) is 0 Å². The molecule has 19 heteroatoms. The van der Waals surface area contributed by atoms with Crippen molar-refractivity contribution in [2.45, 2.75) is 26.2 Å². The molecule has 0 aliphatic heterocycles. The van der Waals surface area contributed by atoms with E-state index in [9.17, 15) is 0 Å². The van der Waals surface area contributed by atoms with Crippen LogP contribution >= 0.6 is 0 Å². The van der Waals surface area contributed by atoms with Crippen LogP contribution in [0.1, 0.15) is 26.5 Å². The predicted molar refractivity (Wildman–Crippen MR) is 212 cm³/mol. The second kappa shape index (κ2) is 19.2. The van der Waals surface area contributed by atoms with Crippen molar-refractivity contribution >= 4 is 163 Å². The minimum absolute atomic E-state index is 0.0304. The summed E-state index contributed by atoms with van der Waals surface area (Å²) in [5.74, 6) is 0. The van der Waals surface area contributed by atoms with E-state index < -0.39 is 0 Å². The topological polar surface area (TPSA) is 30.2 Å². The Morgan fingerprint density at radius 1 is 0.692 bits per heavy atom. The predicted octanol–water partition coefficient (Wildman–Crippen LogP) is 4.81. The number of imidazole rings is 1.